The van der Waals surface area contributed by atoms with Gasteiger partial charge in [0.2, 0.25) is 0 Å². The molecule has 2 aromatic rings. The fraction of sp³-hybridized carbons (Fsp3) is 0.423. The lowest BCUT2D eigenvalue weighted by Crippen LogP contribution is -2.43. The number of rotatable bonds is 8. The molecule has 34 heavy (non-hydrogen) atoms. The summed E-state index contributed by atoms with van der Waals surface area (Å²) in [5, 5.41) is 18.0. The van der Waals surface area contributed by atoms with Crippen LogP contribution in [0, 0.1) is 16.7 Å². The highest BCUT2D eigenvalue weighted by atomic mass is 16.2. The van der Waals surface area contributed by atoms with E-state index in [9.17, 15) is 4.79 Å². The second-order valence-electron chi connectivity index (χ2n) is 9.38. The van der Waals surface area contributed by atoms with Crippen LogP contribution in [0.25, 0.3) is 0 Å². The van der Waals surface area contributed by atoms with Gasteiger partial charge >= 0.3 is 0 Å². The predicted molar refractivity (Wildman–Crippen MR) is 138 cm³/mol. The summed E-state index contributed by atoms with van der Waals surface area (Å²) in [5.41, 5.74) is 8.37. The molecule has 0 aromatic heterocycles. The third-order valence-electron chi connectivity index (χ3n) is 6.83. The average molecular weight is 462 g/mol. The fourth-order valence-corrected chi connectivity index (χ4v) is 4.93. The van der Waals surface area contributed by atoms with Crippen molar-refractivity contribution in [3.05, 3.63) is 59.7 Å². The maximum absolute atomic E-state index is 13.1. The molecule has 2 fully saturated rings. The van der Waals surface area contributed by atoms with Crippen LogP contribution >= 0.6 is 0 Å². The number of nitrogens with zero attached hydrogens (tertiary/aromatic N) is 3. The summed E-state index contributed by atoms with van der Waals surface area (Å²) in [5.74, 6) is 6.80. The van der Waals surface area contributed by atoms with Gasteiger partial charge in [0.25, 0.3) is 5.91 Å². The zero-order valence-corrected chi connectivity index (χ0v) is 19.7. The Kier molecular flexibility index (Phi) is 7.59. The molecule has 1 unspecified atom stereocenters. The monoisotopic (exact) mass is 461 g/mol. The Balaban J connectivity index is 1.33. The highest BCUT2D eigenvalue weighted by Crippen LogP contribution is 2.22. The summed E-state index contributed by atoms with van der Waals surface area (Å²) in [6.07, 6.45) is 4.83. The quantitative estimate of drug-likeness (QED) is 0.208. The van der Waals surface area contributed by atoms with Gasteiger partial charge in [0.1, 0.15) is 0 Å². The molecular formula is C26H35N7O. The maximum atomic E-state index is 13.1. The van der Waals surface area contributed by atoms with Gasteiger partial charge in [0, 0.05) is 36.4 Å². The number of piperidine rings is 1. The van der Waals surface area contributed by atoms with E-state index >= 15 is 0 Å². The first kappa shape index (κ1) is 23.9. The summed E-state index contributed by atoms with van der Waals surface area (Å²) in [6, 6.07) is 14.2. The first-order chi connectivity index (χ1) is 16.4. The van der Waals surface area contributed by atoms with Crippen LogP contribution < -0.4 is 16.6 Å². The number of benzene rings is 2. The van der Waals surface area contributed by atoms with Crippen molar-refractivity contribution in [2.75, 3.05) is 50.0 Å². The molecule has 0 radical (unpaired) electrons. The summed E-state index contributed by atoms with van der Waals surface area (Å²) < 4.78 is 0. The molecule has 0 aliphatic carbocycles. The normalized spacial score (nSPS) is 18.6. The van der Waals surface area contributed by atoms with E-state index in [1.807, 2.05) is 4.90 Å². The number of hydrazine groups is 1. The molecule has 2 aromatic carbocycles. The lowest BCUT2D eigenvalue weighted by atomic mass is 9.96. The number of amides is 1. The van der Waals surface area contributed by atoms with E-state index in [1.54, 1.807) is 48.5 Å². The Morgan fingerprint density at radius 2 is 1.71 bits per heavy atom. The van der Waals surface area contributed by atoms with Crippen molar-refractivity contribution in [3.8, 4) is 0 Å². The Morgan fingerprint density at radius 3 is 2.41 bits per heavy atom. The fourth-order valence-electron chi connectivity index (χ4n) is 4.93. The Hall–Kier alpha value is -3.23. The molecule has 2 aliphatic heterocycles. The molecule has 4 rings (SSSR count). The van der Waals surface area contributed by atoms with Crippen molar-refractivity contribution in [1.82, 2.24) is 9.80 Å². The molecule has 0 bridgehead atoms. The number of carbonyl (C=O) groups excluding carboxylic acids is 1. The second-order valence-corrected chi connectivity index (χ2v) is 9.38. The van der Waals surface area contributed by atoms with Crippen LogP contribution in [0.4, 0.5) is 11.4 Å². The number of nitrogen functional groups attached to an aromatic ring is 1. The van der Waals surface area contributed by atoms with Crippen molar-refractivity contribution in [2.45, 2.75) is 25.7 Å². The number of hydrogen-bond donors (Lipinski definition) is 4. The lowest BCUT2D eigenvalue weighted by molar-refractivity contribution is 0.0648. The summed E-state index contributed by atoms with van der Waals surface area (Å²) in [4.78, 5) is 17.6. The Bertz CT molecular complexity index is 1030. The molecule has 2 heterocycles. The zero-order valence-electron chi connectivity index (χ0n) is 19.7. The van der Waals surface area contributed by atoms with Crippen LogP contribution in [0.2, 0.25) is 0 Å². The molecule has 2 aliphatic rings. The smallest absolute Gasteiger partial charge is 0.253 e. The number of likely N-dealkylation sites (tertiary alicyclic amines) is 2. The number of hydrogen-bond acceptors (Lipinski definition) is 7. The molecule has 8 heteroatoms. The number of para-hydroxylation sites is 1. The molecule has 0 spiro atoms. The topological polar surface area (TPSA) is 127 Å². The number of anilines is 2. The van der Waals surface area contributed by atoms with Crippen LogP contribution in [0.5, 0.6) is 0 Å². The van der Waals surface area contributed by atoms with E-state index in [-0.39, 0.29) is 23.9 Å². The molecular weight excluding hydrogens is 426 g/mol. The van der Waals surface area contributed by atoms with Gasteiger partial charge in [-0.25, -0.2) is 5.84 Å². The van der Waals surface area contributed by atoms with E-state index in [0.717, 1.165) is 26.1 Å². The van der Waals surface area contributed by atoms with Crippen molar-refractivity contribution >= 4 is 28.7 Å². The van der Waals surface area contributed by atoms with Crippen LogP contribution in [-0.2, 0) is 0 Å². The van der Waals surface area contributed by atoms with Crippen LogP contribution in [0.3, 0.4) is 0 Å². The summed E-state index contributed by atoms with van der Waals surface area (Å²) >= 11 is 0. The number of nitrogens with two attached hydrogens (primary N) is 2. The largest absolute Gasteiger partial charge is 0.398 e. The lowest BCUT2D eigenvalue weighted by Gasteiger charge is -2.34. The molecule has 8 nitrogen and oxygen atoms in total. The highest BCUT2D eigenvalue weighted by Gasteiger charge is 2.26. The van der Waals surface area contributed by atoms with Gasteiger partial charge in [-0.15, -0.1) is 0 Å². The standard InChI is InChI=1S/C26H35N7O/c27-23-8-2-1-7-22(23)25(29)24(28)18-33(30)21-11-9-20(10-12-21)26(34)32-15-5-6-19(17-32)16-31-13-3-4-14-31/h1-2,7-12,19,28-29H,3-6,13-18,27,30H2. The maximum Gasteiger partial charge on any atom is 0.253 e. The van der Waals surface area contributed by atoms with E-state index < -0.39 is 0 Å². The Morgan fingerprint density at radius 1 is 1.00 bits per heavy atom. The Labute approximate surface area is 201 Å². The molecule has 180 valence electrons. The van der Waals surface area contributed by atoms with Crippen molar-refractivity contribution in [1.29, 1.82) is 10.8 Å². The third kappa shape index (κ3) is 5.63. The first-order valence-corrected chi connectivity index (χ1v) is 12.1. The second kappa shape index (κ2) is 10.8. The van der Waals surface area contributed by atoms with E-state index in [0.29, 0.717) is 28.4 Å². The van der Waals surface area contributed by atoms with Gasteiger partial charge < -0.3 is 26.0 Å². The summed E-state index contributed by atoms with van der Waals surface area (Å²) in [7, 11) is 0. The predicted octanol–water partition coefficient (Wildman–Crippen LogP) is 2.98. The van der Waals surface area contributed by atoms with Crippen molar-refractivity contribution < 1.29 is 4.79 Å². The highest BCUT2D eigenvalue weighted by molar-refractivity contribution is 6.48. The van der Waals surface area contributed by atoms with Crippen LogP contribution in [0.1, 0.15) is 41.6 Å². The van der Waals surface area contributed by atoms with Gasteiger partial charge in [0.15, 0.2) is 0 Å². The van der Waals surface area contributed by atoms with Crippen LogP contribution in [0.15, 0.2) is 48.5 Å². The molecule has 0 saturated carbocycles. The van der Waals surface area contributed by atoms with E-state index in [2.05, 4.69) is 4.90 Å². The zero-order chi connectivity index (χ0) is 24.1. The van der Waals surface area contributed by atoms with Crippen molar-refractivity contribution in [2.24, 2.45) is 11.8 Å². The number of carbonyl (C=O) groups is 1. The molecule has 6 N–H and O–H groups in total. The average Bonchev–Trinajstić information content (AvgIpc) is 3.36. The third-order valence-corrected chi connectivity index (χ3v) is 6.83. The van der Waals surface area contributed by atoms with Gasteiger partial charge in [-0.1, -0.05) is 18.2 Å². The molecule has 1 atom stereocenters. The minimum Gasteiger partial charge on any atom is -0.398 e. The van der Waals surface area contributed by atoms with Gasteiger partial charge in [-0.05, 0) is 75.0 Å². The molecule has 2 saturated heterocycles. The van der Waals surface area contributed by atoms with Gasteiger partial charge in [0.05, 0.1) is 23.7 Å². The van der Waals surface area contributed by atoms with Crippen LogP contribution in [-0.4, -0.2) is 66.4 Å². The minimum absolute atomic E-state index is 0.0499. The van der Waals surface area contributed by atoms with Gasteiger partial charge in [-0.2, -0.15) is 0 Å². The minimum atomic E-state index is 0.0499. The SMILES string of the molecule is N=C(CN(N)c1ccc(C(=O)N2CCCC(CN3CCCC3)C2)cc1)C(=N)c1ccccc1N. The summed E-state index contributed by atoms with van der Waals surface area (Å²) in [6.45, 7) is 5.17. The van der Waals surface area contributed by atoms with E-state index in [4.69, 9.17) is 22.4 Å². The van der Waals surface area contributed by atoms with E-state index in [1.165, 1.54) is 37.4 Å². The van der Waals surface area contributed by atoms with Crippen molar-refractivity contribution in [3.63, 3.8) is 0 Å². The molecule has 1 amide bonds. The number of nitrogens with one attached hydrogen (secondary N) is 2. The first-order valence-electron chi connectivity index (χ1n) is 12.1. The van der Waals surface area contributed by atoms with Gasteiger partial charge in [-0.3, -0.25) is 10.2 Å².